The molecule has 0 bridgehead atoms. The zero-order valence-electron chi connectivity index (χ0n) is 9.26. The molecule has 0 aromatic carbocycles. The standard InChI is InChI=1S/C11H16N2OS2/c1-2-14-8-3-4-9-10(7-8)16-11(13-9)15-6-5-12/h3-4,7,9-10H,2,5-6,12H2,1H3. The first-order chi connectivity index (χ1) is 7.83. The van der Waals surface area contributed by atoms with E-state index >= 15 is 0 Å². The van der Waals surface area contributed by atoms with Crippen LogP contribution in [0.2, 0.25) is 0 Å². The molecule has 0 radical (unpaired) electrons. The van der Waals surface area contributed by atoms with E-state index in [9.17, 15) is 0 Å². The van der Waals surface area contributed by atoms with E-state index in [0.717, 1.165) is 15.9 Å². The number of hydrogen-bond donors (Lipinski definition) is 1. The van der Waals surface area contributed by atoms with Crippen LogP contribution >= 0.6 is 23.5 Å². The van der Waals surface area contributed by atoms with Crippen LogP contribution in [0, 0.1) is 0 Å². The van der Waals surface area contributed by atoms with Crippen molar-refractivity contribution in [2.24, 2.45) is 10.7 Å². The van der Waals surface area contributed by atoms with E-state index in [-0.39, 0.29) is 6.04 Å². The maximum atomic E-state index is 5.49. The maximum Gasteiger partial charge on any atom is 0.125 e. The van der Waals surface area contributed by atoms with Gasteiger partial charge in [0.1, 0.15) is 10.1 Å². The van der Waals surface area contributed by atoms with E-state index in [2.05, 4.69) is 17.1 Å². The molecule has 5 heteroatoms. The van der Waals surface area contributed by atoms with Crippen LogP contribution in [0.1, 0.15) is 6.92 Å². The first kappa shape index (κ1) is 12.1. The average molecular weight is 256 g/mol. The molecule has 0 spiro atoms. The van der Waals surface area contributed by atoms with Gasteiger partial charge >= 0.3 is 0 Å². The Hall–Kier alpha value is -0.390. The topological polar surface area (TPSA) is 47.6 Å². The summed E-state index contributed by atoms with van der Waals surface area (Å²) in [5.74, 6) is 1.91. The highest BCUT2D eigenvalue weighted by atomic mass is 32.2. The van der Waals surface area contributed by atoms with Crippen LogP contribution < -0.4 is 5.73 Å². The van der Waals surface area contributed by atoms with Crippen LogP contribution in [0.5, 0.6) is 0 Å². The summed E-state index contributed by atoms with van der Waals surface area (Å²) in [5.41, 5.74) is 5.48. The van der Waals surface area contributed by atoms with E-state index in [0.29, 0.717) is 18.4 Å². The third-order valence-corrected chi connectivity index (χ3v) is 4.70. The molecule has 1 aliphatic carbocycles. The number of ether oxygens (including phenoxy) is 1. The first-order valence-electron chi connectivity index (χ1n) is 5.43. The Morgan fingerprint density at radius 1 is 1.62 bits per heavy atom. The van der Waals surface area contributed by atoms with Gasteiger partial charge in [0.2, 0.25) is 0 Å². The largest absolute Gasteiger partial charge is 0.494 e. The van der Waals surface area contributed by atoms with Crippen LogP contribution in [0.3, 0.4) is 0 Å². The van der Waals surface area contributed by atoms with Crippen LogP contribution in [0.15, 0.2) is 29.0 Å². The van der Waals surface area contributed by atoms with Gasteiger partial charge in [0, 0.05) is 12.3 Å². The number of thioether (sulfide) groups is 2. The van der Waals surface area contributed by atoms with Crippen molar-refractivity contribution >= 4 is 27.9 Å². The van der Waals surface area contributed by atoms with Crippen LogP contribution in [-0.4, -0.2) is 34.6 Å². The SMILES string of the molecule is CCOC1=CC2SC(SCCN)=NC2C=C1. The van der Waals surface area contributed by atoms with Crippen molar-refractivity contribution < 1.29 is 4.74 Å². The fraction of sp³-hybridized carbons (Fsp3) is 0.545. The monoisotopic (exact) mass is 256 g/mol. The van der Waals surface area contributed by atoms with Crippen molar-refractivity contribution in [1.82, 2.24) is 0 Å². The predicted molar refractivity (Wildman–Crippen MR) is 73.0 cm³/mol. The van der Waals surface area contributed by atoms with Gasteiger partial charge in [0.25, 0.3) is 0 Å². The molecule has 0 aromatic heterocycles. The highest BCUT2D eigenvalue weighted by Gasteiger charge is 2.29. The van der Waals surface area contributed by atoms with Gasteiger partial charge in [0.15, 0.2) is 0 Å². The average Bonchev–Trinajstić information content (AvgIpc) is 2.68. The second-order valence-electron chi connectivity index (χ2n) is 3.47. The summed E-state index contributed by atoms with van der Waals surface area (Å²) in [5, 5.41) is 0.409. The van der Waals surface area contributed by atoms with Gasteiger partial charge in [-0.05, 0) is 19.1 Å². The summed E-state index contributed by atoms with van der Waals surface area (Å²) in [6, 6.07) is 0.287. The minimum absolute atomic E-state index is 0.287. The van der Waals surface area contributed by atoms with Gasteiger partial charge in [0.05, 0.1) is 17.9 Å². The van der Waals surface area contributed by atoms with E-state index < -0.39 is 0 Å². The number of allylic oxidation sites excluding steroid dienone is 1. The van der Waals surface area contributed by atoms with Gasteiger partial charge < -0.3 is 10.5 Å². The zero-order chi connectivity index (χ0) is 11.4. The Morgan fingerprint density at radius 3 is 3.25 bits per heavy atom. The molecule has 3 nitrogen and oxygen atoms in total. The van der Waals surface area contributed by atoms with Crippen LogP contribution in [-0.2, 0) is 4.74 Å². The van der Waals surface area contributed by atoms with Gasteiger partial charge in [-0.2, -0.15) is 0 Å². The summed E-state index contributed by atoms with van der Waals surface area (Å²) in [6.07, 6.45) is 6.31. The first-order valence-corrected chi connectivity index (χ1v) is 7.30. The quantitative estimate of drug-likeness (QED) is 0.836. The number of nitrogens with two attached hydrogens (primary N) is 1. The molecule has 2 rings (SSSR count). The van der Waals surface area contributed by atoms with Crippen molar-refractivity contribution in [3.8, 4) is 0 Å². The summed E-state index contributed by atoms with van der Waals surface area (Å²) in [4.78, 5) is 4.64. The molecule has 88 valence electrons. The van der Waals surface area contributed by atoms with Crippen LogP contribution in [0.4, 0.5) is 0 Å². The summed E-state index contributed by atoms with van der Waals surface area (Å²) in [6.45, 7) is 3.42. The minimum Gasteiger partial charge on any atom is -0.494 e. The normalized spacial score (nSPS) is 27.4. The van der Waals surface area contributed by atoms with Crippen molar-refractivity contribution in [2.75, 3.05) is 18.9 Å². The lowest BCUT2D eigenvalue weighted by molar-refractivity contribution is 0.240. The molecule has 0 saturated heterocycles. The molecule has 1 heterocycles. The lowest BCUT2D eigenvalue weighted by Crippen LogP contribution is -2.16. The number of rotatable bonds is 4. The predicted octanol–water partition coefficient (Wildman–Crippen LogP) is 2.01. The van der Waals surface area contributed by atoms with Crippen molar-refractivity contribution in [2.45, 2.75) is 18.2 Å². The lowest BCUT2D eigenvalue weighted by Gasteiger charge is -2.16. The molecule has 2 unspecified atom stereocenters. The van der Waals surface area contributed by atoms with Gasteiger partial charge in [-0.1, -0.05) is 29.6 Å². The number of nitrogens with zero attached hydrogens (tertiary/aromatic N) is 1. The van der Waals surface area contributed by atoms with E-state index in [1.807, 2.05) is 24.8 Å². The summed E-state index contributed by atoms with van der Waals surface area (Å²) in [7, 11) is 0. The molecule has 1 aliphatic heterocycles. The highest BCUT2D eigenvalue weighted by Crippen LogP contribution is 2.36. The third kappa shape index (κ3) is 2.84. The molecule has 2 aliphatic rings. The third-order valence-electron chi connectivity index (χ3n) is 2.27. The summed E-state index contributed by atoms with van der Waals surface area (Å²) < 4.78 is 6.64. The van der Waals surface area contributed by atoms with Crippen molar-refractivity contribution in [3.05, 3.63) is 24.0 Å². The number of aliphatic imine (C=N–C) groups is 1. The molecule has 2 atom stereocenters. The Kier molecular flexibility index (Phi) is 4.37. The van der Waals surface area contributed by atoms with Crippen LogP contribution in [0.25, 0.3) is 0 Å². The molecule has 0 saturated carbocycles. The lowest BCUT2D eigenvalue weighted by atomic mass is 10.1. The molecule has 2 N–H and O–H groups in total. The van der Waals surface area contributed by atoms with Gasteiger partial charge in [-0.3, -0.25) is 4.99 Å². The van der Waals surface area contributed by atoms with Gasteiger partial charge in [-0.15, -0.1) is 0 Å². The molecular weight excluding hydrogens is 240 g/mol. The van der Waals surface area contributed by atoms with Gasteiger partial charge in [-0.25, -0.2) is 0 Å². The molecule has 0 amide bonds. The van der Waals surface area contributed by atoms with E-state index in [1.165, 1.54) is 0 Å². The fourth-order valence-electron chi connectivity index (χ4n) is 1.59. The molecule has 0 aromatic rings. The number of hydrogen-bond acceptors (Lipinski definition) is 5. The van der Waals surface area contributed by atoms with Crippen molar-refractivity contribution in [1.29, 1.82) is 0 Å². The maximum absolute atomic E-state index is 5.49. The Bertz CT molecular complexity index is 339. The molecular formula is C11H16N2OS2. The zero-order valence-corrected chi connectivity index (χ0v) is 10.9. The number of fused-ring (bicyclic) bond motifs is 1. The molecule has 16 heavy (non-hydrogen) atoms. The summed E-state index contributed by atoms with van der Waals surface area (Å²) >= 11 is 3.56. The second-order valence-corrected chi connectivity index (χ2v) is 5.98. The van der Waals surface area contributed by atoms with Crippen molar-refractivity contribution in [3.63, 3.8) is 0 Å². The molecule has 0 fully saturated rings. The Balaban J connectivity index is 1.94. The second kappa shape index (κ2) is 5.80. The van der Waals surface area contributed by atoms with E-state index in [1.54, 1.807) is 11.8 Å². The Morgan fingerprint density at radius 2 is 2.50 bits per heavy atom. The smallest absolute Gasteiger partial charge is 0.125 e. The fourth-order valence-corrected chi connectivity index (χ4v) is 3.84. The van der Waals surface area contributed by atoms with E-state index in [4.69, 9.17) is 10.5 Å². The highest BCUT2D eigenvalue weighted by molar-refractivity contribution is 8.39. The Labute approximate surface area is 105 Å². The minimum atomic E-state index is 0.287.